The number of anilines is 1. The lowest BCUT2D eigenvalue weighted by Gasteiger charge is -2.25. The Morgan fingerprint density at radius 3 is 3.18 bits per heavy atom. The van der Waals surface area contributed by atoms with Crippen molar-refractivity contribution in [1.29, 1.82) is 0 Å². The number of para-hydroxylation sites is 1. The third-order valence-electron chi connectivity index (χ3n) is 4.04. The van der Waals surface area contributed by atoms with Gasteiger partial charge in [0.05, 0.1) is 18.2 Å². The van der Waals surface area contributed by atoms with E-state index in [1.54, 1.807) is 17.2 Å². The van der Waals surface area contributed by atoms with E-state index in [-0.39, 0.29) is 0 Å². The van der Waals surface area contributed by atoms with E-state index in [4.69, 9.17) is 4.74 Å². The number of benzene rings is 1. The molecule has 0 spiro atoms. The zero-order valence-corrected chi connectivity index (χ0v) is 12.4. The molecule has 0 bridgehead atoms. The SMILES string of the molecule is Cn1ncc2c(NC[C@H]3COc4ccccc4C3)ncnc21. The van der Waals surface area contributed by atoms with Crippen LogP contribution >= 0.6 is 0 Å². The van der Waals surface area contributed by atoms with Crippen molar-refractivity contribution in [2.75, 3.05) is 18.5 Å². The number of ether oxygens (including phenoxy) is 1. The number of rotatable bonds is 3. The summed E-state index contributed by atoms with van der Waals surface area (Å²) in [4.78, 5) is 8.58. The predicted molar refractivity (Wildman–Crippen MR) is 83.9 cm³/mol. The molecule has 1 atom stereocenters. The molecule has 1 aliphatic rings. The summed E-state index contributed by atoms with van der Waals surface area (Å²) >= 11 is 0. The van der Waals surface area contributed by atoms with Crippen LogP contribution in [-0.4, -0.2) is 32.9 Å². The smallest absolute Gasteiger partial charge is 0.163 e. The van der Waals surface area contributed by atoms with E-state index < -0.39 is 0 Å². The Balaban J connectivity index is 1.49. The van der Waals surface area contributed by atoms with Gasteiger partial charge >= 0.3 is 0 Å². The maximum absolute atomic E-state index is 5.83. The van der Waals surface area contributed by atoms with Crippen molar-refractivity contribution in [3.05, 3.63) is 42.4 Å². The highest BCUT2D eigenvalue weighted by Crippen LogP contribution is 2.27. The van der Waals surface area contributed by atoms with Gasteiger partial charge in [-0.2, -0.15) is 5.10 Å². The minimum atomic E-state index is 0.427. The van der Waals surface area contributed by atoms with Crippen molar-refractivity contribution in [3.63, 3.8) is 0 Å². The number of nitrogens with one attached hydrogen (secondary N) is 1. The Kier molecular flexibility index (Phi) is 3.14. The molecule has 0 unspecified atom stereocenters. The molecule has 6 heteroatoms. The summed E-state index contributed by atoms with van der Waals surface area (Å²) in [5.41, 5.74) is 2.11. The topological polar surface area (TPSA) is 64.9 Å². The quantitative estimate of drug-likeness (QED) is 0.801. The highest BCUT2D eigenvalue weighted by molar-refractivity contribution is 5.85. The van der Waals surface area contributed by atoms with Crippen molar-refractivity contribution < 1.29 is 4.74 Å². The molecule has 1 N–H and O–H groups in total. The lowest BCUT2D eigenvalue weighted by molar-refractivity contribution is 0.229. The highest BCUT2D eigenvalue weighted by Gasteiger charge is 2.19. The Hall–Kier alpha value is -2.63. The number of fused-ring (bicyclic) bond motifs is 2. The van der Waals surface area contributed by atoms with Crippen molar-refractivity contribution >= 4 is 16.9 Å². The monoisotopic (exact) mass is 295 g/mol. The standard InChI is InChI=1S/C16H17N5O/c1-21-16-13(8-20-21)15(18-10-19-16)17-7-11-6-12-4-2-3-5-14(12)22-9-11/h2-5,8,10-11H,6-7,9H2,1H3,(H,17,18,19)/t11-/m0/s1. The molecule has 22 heavy (non-hydrogen) atoms. The van der Waals surface area contributed by atoms with Crippen LogP contribution in [0.15, 0.2) is 36.8 Å². The summed E-state index contributed by atoms with van der Waals surface area (Å²) in [6.45, 7) is 1.54. The van der Waals surface area contributed by atoms with Gasteiger partial charge in [0, 0.05) is 19.5 Å². The molecule has 3 heterocycles. The molecule has 1 aromatic carbocycles. The summed E-state index contributed by atoms with van der Waals surface area (Å²) in [5.74, 6) is 2.27. The van der Waals surface area contributed by atoms with Gasteiger partial charge in [-0.15, -0.1) is 0 Å². The lowest BCUT2D eigenvalue weighted by atomic mass is 9.97. The molecule has 6 nitrogen and oxygen atoms in total. The number of hydrogen-bond donors (Lipinski definition) is 1. The van der Waals surface area contributed by atoms with E-state index >= 15 is 0 Å². The van der Waals surface area contributed by atoms with Crippen LogP contribution in [0.2, 0.25) is 0 Å². The Labute approximate surface area is 128 Å². The maximum atomic E-state index is 5.83. The van der Waals surface area contributed by atoms with E-state index in [1.165, 1.54) is 5.56 Å². The van der Waals surface area contributed by atoms with Gasteiger partial charge in [-0.1, -0.05) is 18.2 Å². The molecule has 3 aromatic rings. The number of aryl methyl sites for hydroxylation is 1. The summed E-state index contributed by atoms with van der Waals surface area (Å²) in [5, 5.41) is 8.59. The van der Waals surface area contributed by atoms with E-state index in [0.29, 0.717) is 5.92 Å². The summed E-state index contributed by atoms with van der Waals surface area (Å²) in [6.07, 6.45) is 4.38. The van der Waals surface area contributed by atoms with Gasteiger partial charge in [-0.3, -0.25) is 4.68 Å². The molecule has 0 fully saturated rings. The third-order valence-corrected chi connectivity index (χ3v) is 4.04. The normalized spacial score (nSPS) is 17.0. The molecule has 2 aromatic heterocycles. The molecule has 4 rings (SSSR count). The fraction of sp³-hybridized carbons (Fsp3) is 0.312. The first-order valence-electron chi connectivity index (χ1n) is 7.38. The summed E-state index contributed by atoms with van der Waals surface area (Å²) in [7, 11) is 1.88. The largest absolute Gasteiger partial charge is 0.493 e. The minimum absolute atomic E-state index is 0.427. The molecule has 0 radical (unpaired) electrons. The number of nitrogens with zero attached hydrogens (tertiary/aromatic N) is 4. The van der Waals surface area contributed by atoms with Crippen LogP contribution in [0, 0.1) is 5.92 Å². The molecule has 0 saturated carbocycles. The van der Waals surface area contributed by atoms with Crippen molar-refractivity contribution in [1.82, 2.24) is 19.7 Å². The molecule has 1 aliphatic heterocycles. The van der Waals surface area contributed by atoms with Gasteiger partial charge in [0.25, 0.3) is 0 Å². The Morgan fingerprint density at radius 2 is 2.23 bits per heavy atom. The zero-order chi connectivity index (χ0) is 14.9. The van der Waals surface area contributed by atoms with Crippen LogP contribution in [0.25, 0.3) is 11.0 Å². The van der Waals surface area contributed by atoms with Crippen molar-refractivity contribution in [2.24, 2.45) is 13.0 Å². The molecular weight excluding hydrogens is 278 g/mol. The molecular formula is C16H17N5O. The summed E-state index contributed by atoms with van der Waals surface area (Å²) in [6, 6.07) is 8.23. The first kappa shape index (κ1) is 13.1. The van der Waals surface area contributed by atoms with Crippen LogP contribution < -0.4 is 10.1 Å². The van der Waals surface area contributed by atoms with Gasteiger partial charge in [-0.05, 0) is 18.1 Å². The Morgan fingerprint density at radius 1 is 1.32 bits per heavy atom. The molecule has 0 saturated heterocycles. The van der Waals surface area contributed by atoms with Gasteiger partial charge in [0.15, 0.2) is 5.65 Å². The first-order chi connectivity index (χ1) is 10.8. The van der Waals surface area contributed by atoms with Gasteiger partial charge in [0.1, 0.15) is 17.9 Å². The second-order valence-electron chi connectivity index (χ2n) is 5.60. The lowest BCUT2D eigenvalue weighted by Crippen LogP contribution is -2.27. The second-order valence-corrected chi connectivity index (χ2v) is 5.60. The highest BCUT2D eigenvalue weighted by atomic mass is 16.5. The van der Waals surface area contributed by atoms with Crippen LogP contribution in [0.5, 0.6) is 5.75 Å². The fourth-order valence-corrected chi connectivity index (χ4v) is 2.87. The molecule has 0 amide bonds. The third kappa shape index (κ3) is 2.26. The van der Waals surface area contributed by atoms with Gasteiger partial charge in [0.2, 0.25) is 0 Å². The maximum Gasteiger partial charge on any atom is 0.163 e. The van der Waals surface area contributed by atoms with Gasteiger partial charge in [-0.25, -0.2) is 9.97 Å². The number of aromatic nitrogens is 4. The summed E-state index contributed by atoms with van der Waals surface area (Å²) < 4.78 is 7.58. The Bertz CT molecular complexity index is 813. The zero-order valence-electron chi connectivity index (χ0n) is 12.4. The average molecular weight is 295 g/mol. The van der Waals surface area contributed by atoms with Crippen LogP contribution in [0.3, 0.4) is 0 Å². The van der Waals surface area contributed by atoms with E-state index in [1.807, 2.05) is 19.2 Å². The van der Waals surface area contributed by atoms with Crippen LogP contribution in [0.1, 0.15) is 5.56 Å². The van der Waals surface area contributed by atoms with Crippen LogP contribution in [-0.2, 0) is 13.5 Å². The molecule has 0 aliphatic carbocycles. The van der Waals surface area contributed by atoms with Crippen molar-refractivity contribution in [3.8, 4) is 5.75 Å². The van der Waals surface area contributed by atoms with Gasteiger partial charge < -0.3 is 10.1 Å². The molecule has 112 valence electrons. The van der Waals surface area contributed by atoms with E-state index in [9.17, 15) is 0 Å². The average Bonchev–Trinajstić information content (AvgIpc) is 2.95. The first-order valence-corrected chi connectivity index (χ1v) is 7.38. The van der Waals surface area contributed by atoms with Crippen molar-refractivity contribution in [2.45, 2.75) is 6.42 Å². The number of hydrogen-bond acceptors (Lipinski definition) is 5. The minimum Gasteiger partial charge on any atom is -0.493 e. The second kappa shape index (κ2) is 5.29. The van der Waals surface area contributed by atoms with Crippen LogP contribution in [0.4, 0.5) is 5.82 Å². The predicted octanol–water partition coefficient (Wildman–Crippen LogP) is 2.03. The fourth-order valence-electron chi connectivity index (χ4n) is 2.87. The van der Waals surface area contributed by atoms with E-state index in [0.717, 1.165) is 42.2 Å². The van der Waals surface area contributed by atoms with E-state index in [2.05, 4.69) is 32.5 Å².